The van der Waals surface area contributed by atoms with Crippen molar-refractivity contribution in [2.24, 2.45) is 5.92 Å². The highest BCUT2D eigenvalue weighted by Gasteiger charge is 2.51. The summed E-state index contributed by atoms with van der Waals surface area (Å²) in [5.74, 6) is 0.359. The average molecular weight is 708 g/mol. The Balaban J connectivity index is 1.63. The van der Waals surface area contributed by atoms with Crippen molar-refractivity contribution in [1.82, 2.24) is 4.90 Å². The number of carbonyl (C=O) groups excluding carboxylic acids is 1. The Bertz CT molecular complexity index is 977. The van der Waals surface area contributed by atoms with Crippen LogP contribution in [0.15, 0.2) is 60.8 Å². The lowest BCUT2D eigenvalue weighted by Gasteiger charge is -2.30. The van der Waals surface area contributed by atoms with E-state index < -0.39 is 5.79 Å². The minimum atomic E-state index is -0.394. The maximum absolute atomic E-state index is 12.5. The molecule has 0 N–H and O–H groups in total. The van der Waals surface area contributed by atoms with Gasteiger partial charge in [-0.05, 0) is 110 Å². The molecule has 2 rings (SSSR count). The summed E-state index contributed by atoms with van der Waals surface area (Å²) < 4.78 is 13.7. The highest BCUT2D eigenvalue weighted by atomic mass is 16.8. The standard InChI is InChI=1S/C47H81NO3/c1-5-7-9-11-13-15-17-19-21-23-25-27-29-31-33-35-37-47(50-45-40-43(41-46(45)51-47)39-44(49)42-48(3)4)38-36-34-32-30-28-26-24-22-20-18-16-14-12-10-8-6-2/h7,9,13-16,19-22,43,45-46H,5-6,8,10-12,17-18,23-42H2,1-4H3/b9-7-,15-13-,16-14-,21-19-,22-20-. The van der Waals surface area contributed by atoms with Gasteiger partial charge in [-0.25, -0.2) is 0 Å². The molecule has 1 aliphatic heterocycles. The lowest BCUT2D eigenvalue weighted by molar-refractivity contribution is -0.193. The van der Waals surface area contributed by atoms with E-state index in [1.54, 1.807) is 0 Å². The number of unbranched alkanes of at least 4 members (excludes halogenated alkanes) is 15. The van der Waals surface area contributed by atoms with Gasteiger partial charge in [-0.2, -0.15) is 0 Å². The van der Waals surface area contributed by atoms with Crippen LogP contribution in [0.4, 0.5) is 0 Å². The minimum Gasteiger partial charge on any atom is -0.344 e. The van der Waals surface area contributed by atoms with Crippen LogP contribution >= 0.6 is 0 Å². The number of ether oxygens (including phenoxy) is 2. The first-order chi connectivity index (χ1) is 25.0. The van der Waals surface area contributed by atoms with Crippen LogP contribution in [0.25, 0.3) is 0 Å². The van der Waals surface area contributed by atoms with Gasteiger partial charge in [-0.3, -0.25) is 4.79 Å². The van der Waals surface area contributed by atoms with Gasteiger partial charge in [-0.1, -0.05) is 139 Å². The molecule has 1 saturated carbocycles. The van der Waals surface area contributed by atoms with E-state index in [9.17, 15) is 4.79 Å². The number of fused-ring (bicyclic) bond motifs is 1. The van der Waals surface area contributed by atoms with Gasteiger partial charge in [0.1, 0.15) is 5.78 Å². The summed E-state index contributed by atoms with van der Waals surface area (Å²) in [4.78, 5) is 14.5. The molecule has 1 saturated heterocycles. The van der Waals surface area contributed by atoms with Crippen molar-refractivity contribution in [3.05, 3.63) is 60.8 Å². The molecule has 0 radical (unpaired) electrons. The molecule has 4 nitrogen and oxygen atoms in total. The molecule has 0 aromatic carbocycles. The van der Waals surface area contributed by atoms with Gasteiger partial charge in [-0.15, -0.1) is 0 Å². The molecule has 2 fully saturated rings. The summed E-state index contributed by atoms with van der Waals surface area (Å²) in [5.41, 5.74) is 0. The molecule has 4 heteroatoms. The van der Waals surface area contributed by atoms with Crippen molar-refractivity contribution >= 4 is 5.78 Å². The number of nitrogens with zero attached hydrogens (tertiary/aromatic N) is 1. The Morgan fingerprint density at radius 1 is 0.569 bits per heavy atom. The van der Waals surface area contributed by atoms with Gasteiger partial charge in [0.15, 0.2) is 5.79 Å². The van der Waals surface area contributed by atoms with Crippen LogP contribution in [0, 0.1) is 5.92 Å². The number of allylic oxidation sites excluding steroid dienone is 10. The first kappa shape index (κ1) is 45.4. The van der Waals surface area contributed by atoms with Crippen molar-refractivity contribution in [3.8, 4) is 0 Å². The summed E-state index contributed by atoms with van der Waals surface area (Å²) >= 11 is 0. The largest absolute Gasteiger partial charge is 0.344 e. The van der Waals surface area contributed by atoms with Crippen molar-refractivity contribution in [1.29, 1.82) is 0 Å². The Hall–Kier alpha value is -1.75. The third kappa shape index (κ3) is 23.5. The van der Waals surface area contributed by atoms with E-state index >= 15 is 0 Å². The lowest BCUT2D eigenvalue weighted by atomic mass is 9.97. The third-order valence-electron chi connectivity index (χ3n) is 10.5. The smallest absolute Gasteiger partial charge is 0.169 e. The highest BCUT2D eigenvalue weighted by Crippen LogP contribution is 2.46. The zero-order chi connectivity index (χ0) is 36.7. The maximum Gasteiger partial charge on any atom is 0.169 e. The fraction of sp³-hybridized carbons (Fsp3) is 0.766. The quantitative estimate of drug-likeness (QED) is 0.0503. The van der Waals surface area contributed by atoms with E-state index in [4.69, 9.17) is 9.47 Å². The summed E-state index contributed by atoms with van der Waals surface area (Å²) in [6, 6.07) is 0. The predicted octanol–water partition coefficient (Wildman–Crippen LogP) is 13.6. The fourth-order valence-corrected chi connectivity index (χ4v) is 7.72. The molecule has 2 unspecified atom stereocenters. The second-order valence-corrected chi connectivity index (χ2v) is 15.8. The normalized spacial score (nSPS) is 22.4. The van der Waals surface area contributed by atoms with Gasteiger partial charge in [0.05, 0.1) is 18.8 Å². The molecule has 2 atom stereocenters. The summed E-state index contributed by atoms with van der Waals surface area (Å²) in [6.45, 7) is 4.98. The molecule has 0 aromatic rings. The minimum absolute atomic E-state index is 0.174. The third-order valence-corrected chi connectivity index (χ3v) is 10.5. The van der Waals surface area contributed by atoms with Crippen LogP contribution in [0.2, 0.25) is 0 Å². The number of hydrogen-bond donors (Lipinski definition) is 0. The molecule has 2 aliphatic rings. The highest BCUT2D eigenvalue weighted by molar-refractivity contribution is 5.80. The zero-order valence-electron chi connectivity index (χ0n) is 34.0. The summed E-state index contributed by atoms with van der Waals surface area (Å²) in [7, 11) is 3.95. The van der Waals surface area contributed by atoms with E-state index in [2.05, 4.69) is 74.6 Å². The number of Topliss-reactive ketones (excluding diaryl/α,β-unsaturated/α-hetero) is 1. The van der Waals surface area contributed by atoms with Crippen LogP contribution in [-0.2, 0) is 14.3 Å². The Kier molecular flexibility index (Phi) is 27.3. The van der Waals surface area contributed by atoms with Crippen LogP contribution < -0.4 is 0 Å². The van der Waals surface area contributed by atoms with Crippen LogP contribution in [0.5, 0.6) is 0 Å². The van der Waals surface area contributed by atoms with Gasteiger partial charge in [0.25, 0.3) is 0 Å². The Morgan fingerprint density at radius 2 is 0.980 bits per heavy atom. The first-order valence-electron chi connectivity index (χ1n) is 21.7. The van der Waals surface area contributed by atoms with Gasteiger partial charge in [0, 0.05) is 19.3 Å². The molecule has 51 heavy (non-hydrogen) atoms. The van der Waals surface area contributed by atoms with Gasteiger partial charge < -0.3 is 14.4 Å². The monoisotopic (exact) mass is 708 g/mol. The topological polar surface area (TPSA) is 38.8 Å². The van der Waals surface area contributed by atoms with Gasteiger partial charge in [0.2, 0.25) is 0 Å². The molecule has 0 bridgehead atoms. The number of ketones is 1. The van der Waals surface area contributed by atoms with Crippen LogP contribution in [0.1, 0.15) is 187 Å². The van der Waals surface area contributed by atoms with E-state index in [0.717, 1.165) is 51.4 Å². The second-order valence-electron chi connectivity index (χ2n) is 15.8. The molecule has 1 aliphatic carbocycles. The Morgan fingerprint density at radius 3 is 1.43 bits per heavy atom. The molecular formula is C47H81NO3. The fourth-order valence-electron chi connectivity index (χ4n) is 7.72. The average Bonchev–Trinajstić information content (AvgIpc) is 3.62. The predicted molar refractivity (Wildman–Crippen MR) is 221 cm³/mol. The van der Waals surface area contributed by atoms with E-state index in [1.165, 1.54) is 116 Å². The van der Waals surface area contributed by atoms with Gasteiger partial charge >= 0.3 is 0 Å². The maximum atomic E-state index is 12.5. The molecule has 0 amide bonds. The number of likely N-dealkylation sites (N-methyl/N-ethyl adjacent to an activating group) is 1. The summed E-state index contributed by atoms with van der Waals surface area (Å²) in [6.07, 6.45) is 55.5. The summed E-state index contributed by atoms with van der Waals surface area (Å²) in [5, 5.41) is 0. The Labute approximate surface area is 316 Å². The number of carbonyl (C=O) groups is 1. The molecule has 0 aromatic heterocycles. The second kappa shape index (κ2) is 30.7. The van der Waals surface area contributed by atoms with Crippen molar-refractivity contribution < 1.29 is 14.3 Å². The van der Waals surface area contributed by atoms with E-state index in [0.29, 0.717) is 24.7 Å². The number of rotatable bonds is 33. The van der Waals surface area contributed by atoms with Crippen LogP contribution in [-0.4, -0.2) is 49.3 Å². The molecule has 0 spiro atoms. The number of hydrogen-bond acceptors (Lipinski definition) is 4. The molecular weight excluding hydrogens is 627 g/mol. The van der Waals surface area contributed by atoms with Crippen molar-refractivity contribution in [2.45, 2.75) is 205 Å². The van der Waals surface area contributed by atoms with Crippen molar-refractivity contribution in [3.63, 3.8) is 0 Å². The van der Waals surface area contributed by atoms with Crippen LogP contribution in [0.3, 0.4) is 0 Å². The van der Waals surface area contributed by atoms with Crippen molar-refractivity contribution in [2.75, 3.05) is 20.6 Å². The zero-order valence-corrected chi connectivity index (χ0v) is 34.0. The first-order valence-corrected chi connectivity index (χ1v) is 21.7. The molecule has 1 heterocycles. The van der Waals surface area contributed by atoms with E-state index in [-0.39, 0.29) is 12.2 Å². The lowest BCUT2D eigenvalue weighted by Crippen LogP contribution is -2.32. The van der Waals surface area contributed by atoms with E-state index in [1.807, 2.05) is 19.0 Å². The molecule has 292 valence electrons. The SMILES string of the molecule is CC/C=C\C/C=C\C/C=C\CCCCCCCCC1(CCCCCCCC/C=C\C/C=C\CCCCC)OC2CC(CC(=O)CN(C)C)CC2O1.